The van der Waals surface area contributed by atoms with Crippen molar-refractivity contribution < 1.29 is 23.4 Å². The van der Waals surface area contributed by atoms with Crippen LogP contribution in [-0.4, -0.2) is 45.0 Å². The molecule has 1 N–H and O–H groups in total. The summed E-state index contributed by atoms with van der Waals surface area (Å²) in [5.41, 5.74) is 2.63. The van der Waals surface area contributed by atoms with E-state index >= 15 is 0 Å². The van der Waals surface area contributed by atoms with Crippen LogP contribution in [0, 0.1) is 0 Å². The first kappa shape index (κ1) is 26.4. The summed E-state index contributed by atoms with van der Waals surface area (Å²) in [6.45, 7) is 9.63. The zero-order valence-corrected chi connectivity index (χ0v) is 21.8. The molecule has 0 amide bonds. The van der Waals surface area contributed by atoms with Crippen LogP contribution in [0.2, 0.25) is 17.6 Å². The maximum absolute atomic E-state index is 13.5. The van der Waals surface area contributed by atoms with Gasteiger partial charge in [-0.05, 0) is 34.3 Å². The lowest BCUT2D eigenvalue weighted by molar-refractivity contribution is -0.156. The number of ether oxygens (including phenoxy) is 1. The van der Waals surface area contributed by atoms with Crippen LogP contribution in [-0.2, 0) is 16.1 Å². The number of carbonyl (C=O) groups excluding carboxylic acids is 1. The standard InChI is InChI=1S/C27H37F2NO3Si/c1-26(2,3)34(4)19-23(24(31)25(32)33-18-20-8-6-5-7-9-20)21-10-12-22(13-11-21)30-16-14-27(28,29)15-17-30/h5-13,23-24,31,34H,14-19H2,1-4H3/t23?,24-,34?/m1/s1. The van der Waals surface area contributed by atoms with Gasteiger partial charge in [-0.2, -0.15) is 0 Å². The quantitative estimate of drug-likeness (QED) is 0.378. The molecule has 1 heterocycles. The van der Waals surface area contributed by atoms with Crippen molar-refractivity contribution in [3.05, 3.63) is 65.7 Å². The summed E-state index contributed by atoms with van der Waals surface area (Å²) in [7, 11) is -1.31. The highest BCUT2D eigenvalue weighted by Gasteiger charge is 2.35. The van der Waals surface area contributed by atoms with Gasteiger partial charge < -0.3 is 14.7 Å². The fourth-order valence-electron chi connectivity index (χ4n) is 4.18. The Morgan fingerprint density at radius 3 is 2.24 bits per heavy atom. The summed E-state index contributed by atoms with van der Waals surface area (Å²) in [6.07, 6.45) is -1.55. The minimum Gasteiger partial charge on any atom is -0.459 e. The van der Waals surface area contributed by atoms with E-state index < -0.39 is 26.8 Å². The Labute approximate surface area is 203 Å². The maximum Gasteiger partial charge on any atom is 0.335 e. The van der Waals surface area contributed by atoms with E-state index in [1.165, 1.54) is 0 Å². The lowest BCUT2D eigenvalue weighted by atomic mass is 9.94. The fourth-order valence-corrected chi connectivity index (χ4v) is 6.18. The molecule has 1 aliphatic heterocycles. The molecule has 4 nitrogen and oxygen atoms in total. The Kier molecular flexibility index (Phi) is 8.52. The van der Waals surface area contributed by atoms with E-state index in [4.69, 9.17) is 4.74 Å². The molecule has 0 saturated carbocycles. The van der Waals surface area contributed by atoms with E-state index in [0.29, 0.717) is 13.1 Å². The Balaban J connectivity index is 1.74. The SMILES string of the molecule is C[SiH](CC(c1ccc(N2CCC(F)(F)CC2)cc1)[C@@H](O)C(=O)OCc1ccccc1)C(C)(C)C. The summed E-state index contributed by atoms with van der Waals surface area (Å²) in [6, 6.07) is 17.8. The van der Waals surface area contributed by atoms with Gasteiger partial charge in [-0.25, -0.2) is 13.6 Å². The monoisotopic (exact) mass is 489 g/mol. The second-order valence-electron chi connectivity index (χ2n) is 10.6. The van der Waals surface area contributed by atoms with Crippen molar-refractivity contribution in [2.45, 2.75) is 75.8 Å². The number of esters is 1. The first-order chi connectivity index (χ1) is 16.0. The third-order valence-electron chi connectivity index (χ3n) is 7.11. The zero-order chi connectivity index (χ0) is 24.9. The number of benzene rings is 2. The first-order valence-electron chi connectivity index (χ1n) is 12.1. The van der Waals surface area contributed by atoms with Crippen LogP contribution in [0.5, 0.6) is 0 Å². The van der Waals surface area contributed by atoms with Crippen LogP contribution in [0.1, 0.15) is 50.7 Å². The highest BCUT2D eigenvalue weighted by molar-refractivity contribution is 6.60. The van der Waals surface area contributed by atoms with Crippen LogP contribution < -0.4 is 4.90 Å². The molecule has 0 bridgehead atoms. The molecule has 7 heteroatoms. The molecular formula is C27H37F2NO3Si. The van der Waals surface area contributed by atoms with E-state index in [1.807, 2.05) is 59.5 Å². The first-order valence-corrected chi connectivity index (χ1v) is 14.6. The second kappa shape index (κ2) is 11.0. The number of alkyl halides is 2. The zero-order valence-electron chi connectivity index (χ0n) is 20.6. The van der Waals surface area contributed by atoms with Crippen molar-refractivity contribution in [2.24, 2.45) is 0 Å². The Bertz CT molecular complexity index is 921. The molecule has 3 rings (SSSR count). The summed E-state index contributed by atoms with van der Waals surface area (Å²) in [4.78, 5) is 14.8. The third-order valence-corrected chi connectivity index (χ3v) is 11.3. The number of nitrogens with zero attached hydrogens (tertiary/aromatic N) is 1. The van der Waals surface area contributed by atoms with Gasteiger partial charge in [0.1, 0.15) is 6.61 Å². The van der Waals surface area contributed by atoms with Gasteiger partial charge in [0.15, 0.2) is 6.10 Å². The number of carbonyl (C=O) groups is 1. The number of hydrogen-bond donors (Lipinski definition) is 1. The fraction of sp³-hybridized carbons (Fsp3) is 0.519. The van der Waals surface area contributed by atoms with Crippen molar-refractivity contribution in [2.75, 3.05) is 18.0 Å². The van der Waals surface area contributed by atoms with E-state index in [2.05, 4.69) is 27.3 Å². The van der Waals surface area contributed by atoms with Crippen molar-refractivity contribution in [1.82, 2.24) is 0 Å². The van der Waals surface area contributed by atoms with Gasteiger partial charge >= 0.3 is 5.97 Å². The second-order valence-corrected chi connectivity index (χ2v) is 14.6. The molecule has 1 saturated heterocycles. The maximum atomic E-state index is 13.5. The van der Waals surface area contributed by atoms with Crippen molar-refractivity contribution in [3.63, 3.8) is 0 Å². The molecule has 2 unspecified atom stereocenters. The van der Waals surface area contributed by atoms with Gasteiger partial charge in [-0.1, -0.05) is 69.8 Å². The van der Waals surface area contributed by atoms with E-state index in [0.717, 1.165) is 22.9 Å². The highest BCUT2D eigenvalue weighted by atomic mass is 28.3. The third kappa shape index (κ3) is 7.12. The van der Waals surface area contributed by atoms with Crippen LogP contribution in [0.4, 0.5) is 14.5 Å². The molecule has 1 fully saturated rings. The topological polar surface area (TPSA) is 49.8 Å². The predicted molar refractivity (Wildman–Crippen MR) is 135 cm³/mol. The number of rotatable bonds is 8. The molecule has 0 spiro atoms. The predicted octanol–water partition coefficient (Wildman–Crippen LogP) is 5.77. The van der Waals surface area contributed by atoms with Crippen LogP contribution >= 0.6 is 0 Å². The van der Waals surface area contributed by atoms with E-state index in [-0.39, 0.29) is 30.4 Å². The number of halogens is 2. The Hall–Kier alpha value is -2.25. The molecule has 186 valence electrons. The lowest BCUT2D eigenvalue weighted by Gasteiger charge is -2.34. The van der Waals surface area contributed by atoms with Gasteiger partial charge in [-0.3, -0.25) is 0 Å². The summed E-state index contributed by atoms with van der Waals surface area (Å²) < 4.78 is 32.5. The van der Waals surface area contributed by atoms with Gasteiger partial charge in [0, 0.05) is 46.3 Å². The molecule has 0 aliphatic carbocycles. The molecule has 2 aromatic carbocycles. The van der Waals surface area contributed by atoms with Gasteiger partial charge in [0.2, 0.25) is 0 Å². The molecule has 34 heavy (non-hydrogen) atoms. The van der Waals surface area contributed by atoms with Gasteiger partial charge in [-0.15, -0.1) is 0 Å². The van der Waals surface area contributed by atoms with E-state index in [9.17, 15) is 18.7 Å². The average Bonchev–Trinajstić information content (AvgIpc) is 2.80. The average molecular weight is 490 g/mol. The minimum atomic E-state index is -2.58. The smallest absolute Gasteiger partial charge is 0.335 e. The minimum absolute atomic E-state index is 0.119. The van der Waals surface area contributed by atoms with Crippen LogP contribution in [0.15, 0.2) is 54.6 Å². The van der Waals surface area contributed by atoms with Crippen LogP contribution in [0.25, 0.3) is 0 Å². The van der Waals surface area contributed by atoms with Gasteiger partial charge in [0.05, 0.1) is 0 Å². The highest BCUT2D eigenvalue weighted by Crippen LogP contribution is 2.37. The molecule has 0 radical (unpaired) electrons. The van der Waals surface area contributed by atoms with E-state index in [1.54, 1.807) is 0 Å². The van der Waals surface area contributed by atoms with Gasteiger partial charge in [0.25, 0.3) is 5.92 Å². The number of hydrogen-bond acceptors (Lipinski definition) is 4. The molecule has 0 aromatic heterocycles. The molecular weight excluding hydrogens is 452 g/mol. The molecule has 2 aromatic rings. The Morgan fingerprint density at radius 2 is 1.68 bits per heavy atom. The molecule has 3 atom stereocenters. The Morgan fingerprint density at radius 1 is 1.09 bits per heavy atom. The number of anilines is 1. The summed E-state index contributed by atoms with van der Waals surface area (Å²) in [5.74, 6) is -3.57. The summed E-state index contributed by atoms with van der Waals surface area (Å²) >= 11 is 0. The molecule has 1 aliphatic rings. The lowest BCUT2D eigenvalue weighted by Crippen LogP contribution is -2.39. The van der Waals surface area contributed by atoms with Crippen molar-refractivity contribution in [3.8, 4) is 0 Å². The number of aliphatic hydroxyl groups excluding tert-OH is 1. The summed E-state index contributed by atoms with van der Waals surface area (Å²) in [5, 5.41) is 11.2. The normalized spacial score (nSPS) is 18.7. The number of aliphatic hydroxyl groups is 1. The van der Waals surface area contributed by atoms with Crippen molar-refractivity contribution >= 4 is 20.5 Å². The van der Waals surface area contributed by atoms with Crippen LogP contribution in [0.3, 0.4) is 0 Å². The number of piperidine rings is 1. The largest absolute Gasteiger partial charge is 0.459 e. The van der Waals surface area contributed by atoms with Crippen molar-refractivity contribution in [1.29, 1.82) is 0 Å².